The number of anilines is 1. The van der Waals surface area contributed by atoms with Crippen LogP contribution in [-0.2, 0) is 0 Å². The van der Waals surface area contributed by atoms with Gasteiger partial charge in [-0.25, -0.2) is 4.99 Å². The second-order valence-electron chi connectivity index (χ2n) is 6.21. The maximum atomic E-state index is 12.4. The Bertz CT molecular complexity index is 560. The molecule has 0 spiro atoms. The Kier molecular flexibility index (Phi) is 7.78. The zero-order valence-corrected chi connectivity index (χ0v) is 16.1. The molecule has 136 valence electrons. The molecule has 2 rings (SSSR count). The summed E-state index contributed by atoms with van der Waals surface area (Å²) < 4.78 is 37.1. The molecule has 0 aromatic heterocycles. The molecule has 1 aromatic carbocycles. The lowest BCUT2D eigenvalue weighted by Crippen LogP contribution is -2.33. The minimum absolute atomic E-state index is 0. The summed E-state index contributed by atoms with van der Waals surface area (Å²) in [5.74, 6) is 0.644. The molecule has 1 unspecified atom stereocenters. The van der Waals surface area contributed by atoms with Gasteiger partial charge in [0.1, 0.15) is 0 Å². The third kappa shape index (κ3) is 6.84. The lowest BCUT2D eigenvalue weighted by molar-refractivity contribution is -0.143. The van der Waals surface area contributed by atoms with Gasteiger partial charge in [-0.05, 0) is 30.0 Å². The third-order valence-electron chi connectivity index (χ3n) is 3.80. The van der Waals surface area contributed by atoms with Crippen LogP contribution >= 0.6 is 24.0 Å². The van der Waals surface area contributed by atoms with Crippen LogP contribution in [0.2, 0.25) is 0 Å². The first-order valence-electron chi connectivity index (χ1n) is 7.72. The van der Waals surface area contributed by atoms with Crippen molar-refractivity contribution < 1.29 is 13.2 Å². The monoisotopic (exact) mass is 456 g/mol. The Balaban J connectivity index is 0.00000288. The number of guanidine groups is 1. The van der Waals surface area contributed by atoms with Gasteiger partial charge in [-0.15, -0.1) is 24.0 Å². The second kappa shape index (κ2) is 8.89. The van der Waals surface area contributed by atoms with Crippen LogP contribution in [0.5, 0.6) is 0 Å². The van der Waals surface area contributed by atoms with Gasteiger partial charge in [0.25, 0.3) is 0 Å². The first-order chi connectivity index (χ1) is 10.7. The van der Waals surface area contributed by atoms with Gasteiger partial charge in [0.2, 0.25) is 0 Å². The van der Waals surface area contributed by atoms with Crippen molar-refractivity contribution in [3.63, 3.8) is 0 Å². The van der Waals surface area contributed by atoms with E-state index < -0.39 is 12.7 Å². The summed E-state index contributed by atoms with van der Waals surface area (Å²) in [5, 5.41) is 3.01. The fraction of sp³-hybridized carbons (Fsp3) is 0.562. The van der Waals surface area contributed by atoms with Crippen LogP contribution in [0.3, 0.4) is 0 Å². The summed E-state index contributed by atoms with van der Waals surface area (Å²) in [6, 6.07) is 7.66. The molecule has 0 aliphatic carbocycles. The van der Waals surface area contributed by atoms with Crippen molar-refractivity contribution >= 4 is 35.6 Å². The average Bonchev–Trinajstić information content (AvgIpc) is 2.83. The molecular formula is C16H24F3IN4. The van der Waals surface area contributed by atoms with Crippen LogP contribution < -0.4 is 11.1 Å². The van der Waals surface area contributed by atoms with Crippen molar-refractivity contribution in [1.29, 1.82) is 0 Å². The summed E-state index contributed by atoms with van der Waals surface area (Å²) in [4.78, 5) is 5.66. The molecule has 4 nitrogen and oxygen atoms in total. The summed E-state index contributed by atoms with van der Waals surface area (Å²) in [6.07, 6.45) is -3.58. The highest BCUT2D eigenvalue weighted by Crippen LogP contribution is 2.21. The SMILES string of the molecule is CC(C)c1cccc(NC(N)=NC2CCN(CC(F)(F)F)C2)c1.I. The molecule has 1 fully saturated rings. The van der Waals surface area contributed by atoms with Crippen molar-refractivity contribution in [2.45, 2.75) is 38.4 Å². The lowest BCUT2D eigenvalue weighted by atomic mass is 10.0. The average molecular weight is 456 g/mol. The van der Waals surface area contributed by atoms with Gasteiger partial charge in [0, 0.05) is 18.8 Å². The van der Waals surface area contributed by atoms with E-state index >= 15 is 0 Å². The Labute approximate surface area is 157 Å². The van der Waals surface area contributed by atoms with E-state index in [4.69, 9.17) is 5.73 Å². The molecule has 1 aliphatic heterocycles. The maximum Gasteiger partial charge on any atom is 0.401 e. The van der Waals surface area contributed by atoms with Crippen LogP contribution in [0.1, 0.15) is 31.7 Å². The molecule has 8 heteroatoms. The molecule has 1 atom stereocenters. The normalized spacial score (nSPS) is 19.4. The molecule has 3 N–H and O–H groups in total. The molecule has 1 saturated heterocycles. The van der Waals surface area contributed by atoms with E-state index in [0.29, 0.717) is 18.9 Å². The molecule has 1 heterocycles. The first-order valence-corrected chi connectivity index (χ1v) is 7.72. The smallest absolute Gasteiger partial charge is 0.370 e. The fourth-order valence-corrected chi connectivity index (χ4v) is 2.67. The number of rotatable bonds is 4. The number of alkyl halides is 3. The van der Waals surface area contributed by atoms with Gasteiger partial charge in [0.05, 0.1) is 12.6 Å². The maximum absolute atomic E-state index is 12.4. The van der Waals surface area contributed by atoms with E-state index in [0.717, 1.165) is 5.69 Å². The van der Waals surface area contributed by atoms with E-state index in [9.17, 15) is 13.2 Å². The van der Waals surface area contributed by atoms with Crippen LogP contribution in [0, 0.1) is 0 Å². The van der Waals surface area contributed by atoms with E-state index in [1.807, 2.05) is 24.3 Å². The van der Waals surface area contributed by atoms with Crippen molar-refractivity contribution in [1.82, 2.24) is 4.90 Å². The predicted molar refractivity (Wildman–Crippen MR) is 102 cm³/mol. The Hall–Kier alpha value is -1.03. The van der Waals surface area contributed by atoms with Gasteiger partial charge in [-0.2, -0.15) is 13.2 Å². The van der Waals surface area contributed by atoms with Crippen LogP contribution in [-0.4, -0.2) is 42.7 Å². The summed E-state index contributed by atoms with van der Waals surface area (Å²) in [5.41, 5.74) is 7.90. The van der Waals surface area contributed by atoms with Gasteiger partial charge in [-0.3, -0.25) is 4.90 Å². The quantitative estimate of drug-likeness (QED) is 0.412. The first kappa shape index (κ1) is 21.0. The number of nitrogens with two attached hydrogens (primary N) is 1. The largest absolute Gasteiger partial charge is 0.401 e. The highest BCUT2D eigenvalue weighted by atomic mass is 127. The molecule has 0 amide bonds. The number of aliphatic imine (C=N–C) groups is 1. The number of benzene rings is 1. The topological polar surface area (TPSA) is 53.6 Å². The molecule has 1 aliphatic rings. The van der Waals surface area contributed by atoms with Gasteiger partial charge in [0.15, 0.2) is 5.96 Å². The minimum atomic E-state index is -4.17. The highest BCUT2D eigenvalue weighted by Gasteiger charge is 2.34. The molecular weight excluding hydrogens is 432 g/mol. The van der Waals surface area contributed by atoms with Crippen LogP contribution in [0.25, 0.3) is 0 Å². The molecule has 0 radical (unpaired) electrons. The predicted octanol–water partition coefficient (Wildman–Crippen LogP) is 3.79. The standard InChI is InChI=1S/C16H23F3N4.HI/c1-11(2)12-4-3-5-13(8-12)21-15(20)22-14-6-7-23(9-14)10-16(17,18)19;/h3-5,8,11,14H,6-7,9-10H2,1-2H3,(H3,20,21,22);1H. The van der Waals surface area contributed by atoms with E-state index in [1.54, 1.807) is 0 Å². The molecule has 0 bridgehead atoms. The lowest BCUT2D eigenvalue weighted by Gasteiger charge is -2.17. The third-order valence-corrected chi connectivity index (χ3v) is 3.80. The zero-order chi connectivity index (χ0) is 17.0. The van der Waals surface area contributed by atoms with Crippen molar-refractivity contribution in [2.75, 3.05) is 25.0 Å². The second-order valence-corrected chi connectivity index (χ2v) is 6.21. The van der Waals surface area contributed by atoms with Gasteiger partial charge < -0.3 is 11.1 Å². The zero-order valence-electron chi connectivity index (χ0n) is 13.8. The Morgan fingerprint density at radius 1 is 1.42 bits per heavy atom. The van der Waals surface area contributed by atoms with E-state index in [2.05, 4.69) is 24.2 Å². The highest BCUT2D eigenvalue weighted by molar-refractivity contribution is 14.0. The van der Waals surface area contributed by atoms with Crippen LogP contribution in [0.15, 0.2) is 29.3 Å². The Morgan fingerprint density at radius 3 is 2.75 bits per heavy atom. The number of hydrogen-bond donors (Lipinski definition) is 2. The molecule has 0 saturated carbocycles. The fourth-order valence-electron chi connectivity index (χ4n) is 2.67. The summed E-state index contributed by atoms with van der Waals surface area (Å²) in [6.45, 7) is 4.00. The van der Waals surface area contributed by atoms with Crippen molar-refractivity contribution in [3.05, 3.63) is 29.8 Å². The number of hydrogen-bond acceptors (Lipinski definition) is 2. The minimum Gasteiger partial charge on any atom is -0.370 e. The summed E-state index contributed by atoms with van der Waals surface area (Å²) >= 11 is 0. The number of nitrogens with zero attached hydrogens (tertiary/aromatic N) is 2. The number of nitrogens with one attached hydrogen (secondary N) is 1. The van der Waals surface area contributed by atoms with E-state index in [1.165, 1.54) is 10.5 Å². The van der Waals surface area contributed by atoms with Crippen molar-refractivity contribution in [2.24, 2.45) is 10.7 Å². The van der Waals surface area contributed by atoms with Crippen molar-refractivity contribution in [3.8, 4) is 0 Å². The van der Waals surface area contributed by atoms with Crippen LogP contribution in [0.4, 0.5) is 18.9 Å². The summed E-state index contributed by atoms with van der Waals surface area (Å²) in [7, 11) is 0. The number of halogens is 4. The number of likely N-dealkylation sites (tertiary alicyclic amines) is 1. The molecule has 1 aromatic rings. The van der Waals surface area contributed by atoms with E-state index in [-0.39, 0.29) is 42.5 Å². The molecule has 24 heavy (non-hydrogen) atoms. The Morgan fingerprint density at radius 2 is 2.12 bits per heavy atom. The van der Waals surface area contributed by atoms with Gasteiger partial charge in [-0.1, -0.05) is 26.0 Å². The van der Waals surface area contributed by atoms with Gasteiger partial charge >= 0.3 is 6.18 Å².